The van der Waals surface area contributed by atoms with Gasteiger partial charge in [0.15, 0.2) is 0 Å². The Balaban J connectivity index is 2.72. The van der Waals surface area contributed by atoms with Gasteiger partial charge in [-0.3, -0.25) is 4.79 Å². The quantitative estimate of drug-likeness (QED) is 0.654. The normalized spacial score (nSPS) is 11.6. The van der Waals surface area contributed by atoms with E-state index in [0.717, 1.165) is 6.26 Å². The Morgan fingerprint density at radius 2 is 1.80 bits per heavy atom. The molecule has 0 unspecified atom stereocenters. The summed E-state index contributed by atoms with van der Waals surface area (Å²) in [6.07, 6.45) is 1.19. The van der Waals surface area contributed by atoms with E-state index >= 15 is 0 Å². The Kier molecular flexibility index (Phi) is 8.14. The van der Waals surface area contributed by atoms with Crippen LogP contribution in [0, 0.1) is 0 Å². The molecule has 0 radical (unpaired) electrons. The summed E-state index contributed by atoms with van der Waals surface area (Å²) < 4.78 is 35.3. The Morgan fingerprint density at radius 1 is 1.12 bits per heavy atom. The molecule has 0 aromatic heterocycles. The van der Waals surface area contributed by atoms with Gasteiger partial charge in [0, 0.05) is 32.1 Å². The van der Waals surface area contributed by atoms with Crippen LogP contribution in [0.5, 0.6) is 11.5 Å². The zero-order chi connectivity index (χ0) is 19.0. The number of sulfonamides is 1. The van der Waals surface area contributed by atoms with E-state index in [1.165, 1.54) is 18.5 Å². The number of ether oxygens (including phenoxy) is 2. The Bertz CT molecular complexity index is 676. The van der Waals surface area contributed by atoms with Gasteiger partial charge in [-0.2, -0.15) is 0 Å². The molecule has 0 aliphatic heterocycles. The summed E-state index contributed by atoms with van der Waals surface area (Å²) in [5, 5.41) is 2.73. The Morgan fingerprint density at radius 3 is 2.32 bits per heavy atom. The molecule has 0 fully saturated rings. The predicted octanol–water partition coefficient (Wildman–Crippen LogP) is 0.856. The number of nitrogens with one attached hydrogen (secondary N) is 1. The van der Waals surface area contributed by atoms with Crippen molar-refractivity contribution in [2.75, 3.05) is 59.5 Å². The first-order valence-corrected chi connectivity index (χ1v) is 9.64. The number of anilines is 1. The largest absolute Gasteiger partial charge is 0.497 e. The van der Waals surface area contributed by atoms with Crippen molar-refractivity contribution >= 4 is 21.6 Å². The highest BCUT2D eigenvalue weighted by molar-refractivity contribution is 7.88. The van der Waals surface area contributed by atoms with Crippen molar-refractivity contribution < 1.29 is 22.7 Å². The van der Waals surface area contributed by atoms with E-state index in [0.29, 0.717) is 30.3 Å². The molecule has 9 heteroatoms. The highest BCUT2D eigenvalue weighted by Crippen LogP contribution is 2.28. The molecule has 25 heavy (non-hydrogen) atoms. The lowest BCUT2D eigenvalue weighted by Gasteiger charge is -2.21. The molecule has 8 nitrogen and oxygen atoms in total. The molecule has 0 aliphatic carbocycles. The second-order valence-corrected chi connectivity index (χ2v) is 7.81. The maximum Gasteiger partial charge on any atom is 0.225 e. The van der Waals surface area contributed by atoms with Gasteiger partial charge >= 0.3 is 0 Å². The monoisotopic (exact) mass is 373 g/mol. The summed E-state index contributed by atoms with van der Waals surface area (Å²) in [6, 6.07) is 5.06. The molecule has 0 bridgehead atoms. The fourth-order valence-corrected chi connectivity index (χ4v) is 2.94. The molecule has 0 spiro atoms. The first kappa shape index (κ1) is 21.2. The first-order valence-electron chi connectivity index (χ1n) is 7.79. The molecule has 1 aromatic carbocycles. The minimum absolute atomic E-state index is 0.0425. The molecule has 0 atom stereocenters. The molecule has 1 amide bonds. The van der Waals surface area contributed by atoms with E-state index < -0.39 is 10.0 Å². The fraction of sp³-hybridized carbons (Fsp3) is 0.562. The number of benzene rings is 1. The van der Waals surface area contributed by atoms with Gasteiger partial charge in [-0.05, 0) is 26.2 Å². The van der Waals surface area contributed by atoms with E-state index in [2.05, 4.69) is 5.32 Å². The van der Waals surface area contributed by atoms with E-state index in [1.807, 2.05) is 19.0 Å². The second-order valence-electron chi connectivity index (χ2n) is 5.83. The number of rotatable bonds is 10. The molecule has 0 saturated heterocycles. The maximum absolute atomic E-state index is 12.2. The minimum Gasteiger partial charge on any atom is -0.497 e. The van der Waals surface area contributed by atoms with Crippen LogP contribution in [-0.2, 0) is 14.8 Å². The van der Waals surface area contributed by atoms with E-state index in [4.69, 9.17) is 9.47 Å². The highest BCUT2D eigenvalue weighted by Gasteiger charge is 2.18. The van der Waals surface area contributed by atoms with Gasteiger partial charge in [-0.15, -0.1) is 0 Å². The molecule has 142 valence electrons. The van der Waals surface area contributed by atoms with Gasteiger partial charge in [0.25, 0.3) is 0 Å². The molecular formula is C16H27N3O5S. The summed E-state index contributed by atoms with van der Waals surface area (Å²) in [4.78, 5) is 14.1. The third kappa shape index (κ3) is 7.29. The summed E-state index contributed by atoms with van der Waals surface area (Å²) in [7, 11) is 3.39. The molecular weight excluding hydrogens is 346 g/mol. The smallest absolute Gasteiger partial charge is 0.225 e. The lowest BCUT2D eigenvalue weighted by molar-refractivity contribution is -0.116. The van der Waals surface area contributed by atoms with Crippen LogP contribution < -0.4 is 14.8 Å². The van der Waals surface area contributed by atoms with Gasteiger partial charge in [0.05, 0.1) is 26.2 Å². The maximum atomic E-state index is 12.2. The predicted molar refractivity (Wildman–Crippen MR) is 97.8 cm³/mol. The van der Waals surface area contributed by atoms with Crippen LogP contribution in [0.15, 0.2) is 18.2 Å². The molecule has 1 N–H and O–H groups in total. The van der Waals surface area contributed by atoms with E-state index in [-0.39, 0.29) is 18.9 Å². The van der Waals surface area contributed by atoms with Crippen LogP contribution in [0.1, 0.15) is 6.42 Å². The van der Waals surface area contributed by atoms with Crippen molar-refractivity contribution in [3.05, 3.63) is 18.2 Å². The number of methoxy groups -OCH3 is 2. The average molecular weight is 373 g/mol. The third-order valence-electron chi connectivity index (χ3n) is 3.53. The van der Waals surface area contributed by atoms with Gasteiger partial charge < -0.3 is 19.7 Å². The van der Waals surface area contributed by atoms with Crippen LogP contribution in [0.3, 0.4) is 0 Å². The van der Waals surface area contributed by atoms with Gasteiger partial charge in [-0.25, -0.2) is 12.7 Å². The number of hydrogen-bond acceptors (Lipinski definition) is 6. The van der Waals surface area contributed by atoms with Crippen LogP contribution >= 0.6 is 0 Å². The third-order valence-corrected chi connectivity index (χ3v) is 4.84. The fourth-order valence-electron chi connectivity index (χ4n) is 2.11. The summed E-state index contributed by atoms with van der Waals surface area (Å²) in [5.74, 6) is 0.784. The van der Waals surface area contributed by atoms with Gasteiger partial charge in [0.1, 0.15) is 11.5 Å². The number of carbonyl (C=O) groups excluding carboxylic acids is 1. The van der Waals surface area contributed by atoms with Crippen LogP contribution in [0.4, 0.5) is 5.69 Å². The zero-order valence-corrected chi connectivity index (χ0v) is 16.2. The molecule has 0 aliphatic rings. The van der Waals surface area contributed by atoms with Gasteiger partial charge in [0.2, 0.25) is 15.9 Å². The number of likely N-dealkylation sites (N-methyl/N-ethyl adjacent to an activating group) is 1. The first-order chi connectivity index (χ1) is 11.7. The molecule has 0 saturated carbocycles. The highest BCUT2D eigenvalue weighted by atomic mass is 32.2. The van der Waals surface area contributed by atoms with Crippen molar-refractivity contribution in [1.82, 2.24) is 9.21 Å². The standard InChI is InChI=1S/C16H27N3O5S/c1-18(2)10-11-19(25(5,21)22)9-8-16(20)17-14-12-13(23-3)6-7-15(14)24-4/h6-7,12H,8-11H2,1-5H3,(H,17,20). The lowest BCUT2D eigenvalue weighted by atomic mass is 10.2. The Labute approximate surface area is 149 Å². The molecule has 1 aromatic rings. The number of nitrogens with zero attached hydrogens (tertiary/aromatic N) is 2. The van der Waals surface area contributed by atoms with Gasteiger partial charge in [-0.1, -0.05) is 0 Å². The van der Waals surface area contributed by atoms with Crippen LogP contribution in [-0.4, -0.2) is 77.7 Å². The second kappa shape index (κ2) is 9.59. The minimum atomic E-state index is -3.37. The van der Waals surface area contributed by atoms with E-state index in [1.54, 1.807) is 18.2 Å². The summed E-state index contributed by atoms with van der Waals surface area (Å²) in [5.41, 5.74) is 0.478. The number of hydrogen-bond donors (Lipinski definition) is 1. The molecule has 0 heterocycles. The van der Waals surface area contributed by atoms with Crippen molar-refractivity contribution in [3.8, 4) is 11.5 Å². The summed E-state index contributed by atoms with van der Waals surface area (Å²) in [6.45, 7) is 1.03. The molecule has 1 rings (SSSR count). The van der Waals surface area contributed by atoms with Crippen molar-refractivity contribution in [2.24, 2.45) is 0 Å². The average Bonchev–Trinajstić information content (AvgIpc) is 2.53. The van der Waals surface area contributed by atoms with Crippen molar-refractivity contribution in [3.63, 3.8) is 0 Å². The lowest BCUT2D eigenvalue weighted by Crippen LogP contribution is -2.37. The van der Waals surface area contributed by atoms with Crippen molar-refractivity contribution in [2.45, 2.75) is 6.42 Å². The van der Waals surface area contributed by atoms with Crippen LogP contribution in [0.25, 0.3) is 0 Å². The SMILES string of the molecule is COc1ccc(OC)c(NC(=O)CCN(CCN(C)C)S(C)(=O)=O)c1. The van der Waals surface area contributed by atoms with E-state index in [9.17, 15) is 13.2 Å². The Hall–Kier alpha value is -1.84. The zero-order valence-electron chi connectivity index (χ0n) is 15.4. The topological polar surface area (TPSA) is 88.2 Å². The summed E-state index contributed by atoms with van der Waals surface area (Å²) >= 11 is 0. The number of carbonyl (C=O) groups is 1. The van der Waals surface area contributed by atoms with Crippen molar-refractivity contribution in [1.29, 1.82) is 0 Å². The van der Waals surface area contributed by atoms with Crippen LogP contribution in [0.2, 0.25) is 0 Å². The number of amides is 1.